The first-order valence-corrected chi connectivity index (χ1v) is 6.40. The van der Waals surface area contributed by atoms with Gasteiger partial charge in [0.15, 0.2) is 0 Å². The van der Waals surface area contributed by atoms with Gasteiger partial charge in [-0.15, -0.1) is 0 Å². The molecule has 17 heavy (non-hydrogen) atoms. The van der Waals surface area contributed by atoms with E-state index in [0.717, 1.165) is 25.7 Å². The molecule has 4 nitrogen and oxygen atoms in total. The molecule has 2 aliphatic rings. The third-order valence-electron chi connectivity index (χ3n) is 3.56. The number of hydrogen-bond acceptors (Lipinski definition) is 3. The van der Waals surface area contributed by atoms with E-state index < -0.39 is 11.7 Å². The molecule has 1 aliphatic heterocycles. The molecule has 0 aromatic rings. The highest BCUT2D eigenvalue weighted by Gasteiger charge is 2.55. The number of rotatable bonds is 0. The Hall–Kier alpha value is -1.06. The van der Waals surface area contributed by atoms with Crippen molar-refractivity contribution >= 4 is 12.0 Å². The van der Waals surface area contributed by atoms with E-state index in [0.29, 0.717) is 6.42 Å². The smallest absolute Gasteiger partial charge is 0.417 e. The van der Waals surface area contributed by atoms with Gasteiger partial charge in [-0.2, -0.15) is 0 Å². The number of carbonyl (C=O) groups is 2. The van der Waals surface area contributed by atoms with E-state index in [1.54, 1.807) is 0 Å². The van der Waals surface area contributed by atoms with Crippen molar-refractivity contribution in [3.8, 4) is 0 Å². The zero-order valence-corrected chi connectivity index (χ0v) is 10.9. The van der Waals surface area contributed by atoms with Crippen molar-refractivity contribution in [3.05, 3.63) is 0 Å². The molecule has 96 valence electrons. The molecular formula is C13H21NO3. The minimum Gasteiger partial charge on any atom is -0.443 e. The summed E-state index contributed by atoms with van der Waals surface area (Å²) >= 11 is 0. The Kier molecular flexibility index (Phi) is 2.92. The highest BCUT2D eigenvalue weighted by Crippen LogP contribution is 2.44. The molecule has 0 bridgehead atoms. The van der Waals surface area contributed by atoms with E-state index in [9.17, 15) is 9.59 Å². The maximum absolute atomic E-state index is 12.0. The molecule has 0 radical (unpaired) electrons. The molecule has 1 spiro atoms. The Balaban J connectivity index is 2.07. The Morgan fingerprint density at radius 1 is 1.24 bits per heavy atom. The number of nitrogens with zero attached hydrogens (tertiary/aromatic N) is 1. The summed E-state index contributed by atoms with van der Waals surface area (Å²) in [5.74, 6) is -0.0823. The Morgan fingerprint density at radius 2 is 1.82 bits per heavy atom. The zero-order chi connectivity index (χ0) is 12.7. The van der Waals surface area contributed by atoms with Gasteiger partial charge in [-0.3, -0.25) is 4.79 Å². The lowest BCUT2D eigenvalue weighted by Crippen LogP contribution is -2.66. The van der Waals surface area contributed by atoms with Gasteiger partial charge in [0.2, 0.25) is 5.91 Å². The van der Waals surface area contributed by atoms with Crippen LogP contribution in [0, 0.1) is 0 Å². The van der Waals surface area contributed by atoms with E-state index in [-0.39, 0.29) is 11.4 Å². The largest absolute Gasteiger partial charge is 0.443 e. The van der Waals surface area contributed by atoms with Gasteiger partial charge < -0.3 is 4.74 Å². The van der Waals surface area contributed by atoms with Crippen molar-refractivity contribution in [1.29, 1.82) is 0 Å². The fourth-order valence-electron chi connectivity index (χ4n) is 2.83. The minimum atomic E-state index is -0.539. The minimum absolute atomic E-state index is 0.0823. The Morgan fingerprint density at radius 3 is 2.29 bits per heavy atom. The second-order valence-electron chi connectivity index (χ2n) is 6.17. The molecule has 1 aliphatic carbocycles. The average molecular weight is 239 g/mol. The van der Waals surface area contributed by atoms with E-state index in [1.807, 2.05) is 20.8 Å². The van der Waals surface area contributed by atoms with Gasteiger partial charge in [-0.05, 0) is 33.6 Å². The first-order chi connectivity index (χ1) is 7.84. The molecule has 2 amide bonds. The summed E-state index contributed by atoms with van der Waals surface area (Å²) in [5, 5.41) is 0. The van der Waals surface area contributed by atoms with Crippen LogP contribution in [0.5, 0.6) is 0 Å². The van der Waals surface area contributed by atoms with Gasteiger partial charge >= 0.3 is 6.09 Å². The SMILES string of the molecule is CC(C)(C)OC(=O)N1C(=O)CC12CCCCC2. The van der Waals surface area contributed by atoms with Crippen LogP contribution in [0.25, 0.3) is 0 Å². The molecule has 2 rings (SSSR count). The lowest BCUT2D eigenvalue weighted by Gasteiger charge is -2.52. The molecule has 1 saturated heterocycles. The fraction of sp³-hybridized carbons (Fsp3) is 0.846. The molecule has 1 heterocycles. The molecule has 1 saturated carbocycles. The summed E-state index contributed by atoms with van der Waals surface area (Å²) in [6.45, 7) is 5.47. The quantitative estimate of drug-likeness (QED) is 0.611. The molecule has 0 aromatic heterocycles. The van der Waals surface area contributed by atoms with E-state index >= 15 is 0 Å². The van der Waals surface area contributed by atoms with Crippen molar-refractivity contribution in [2.45, 2.75) is 70.4 Å². The maximum atomic E-state index is 12.0. The predicted octanol–water partition coefficient (Wildman–Crippen LogP) is 2.86. The number of likely N-dealkylation sites (tertiary alicyclic amines) is 1. The van der Waals surface area contributed by atoms with Gasteiger partial charge in [-0.25, -0.2) is 9.69 Å². The van der Waals surface area contributed by atoms with Gasteiger partial charge in [0.1, 0.15) is 5.60 Å². The summed E-state index contributed by atoms with van der Waals surface area (Å²) in [5.41, 5.74) is -0.750. The number of ether oxygens (including phenoxy) is 1. The van der Waals surface area contributed by atoms with Gasteiger partial charge in [0.25, 0.3) is 0 Å². The summed E-state index contributed by atoms with van der Waals surface area (Å²) in [6, 6.07) is 0. The van der Waals surface area contributed by atoms with Crippen LogP contribution in [0.2, 0.25) is 0 Å². The third-order valence-corrected chi connectivity index (χ3v) is 3.56. The van der Waals surface area contributed by atoms with Crippen LogP contribution in [-0.4, -0.2) is 28.0 Å². The first kappa shape index (κ1) is 12.4. The van der Waals surface area contributed by atoms with Crippen molar-refractivity contribution in [2.24, 2.45) is 0 Å². The second-order valence-corrected chi connectivity index (χ2v) is 6.17. The van der Waals surface area contributed by atoms with Crippen LogP contribution in [0.3, 0.4) is 0 Å². The molecule has 2 fully saturated rings. The van der Waals surface area contributed by atoms with Crippen LogP contribution < -0.4 is 0 Å². The molecule has 0 N–H and O–H groups in total. The van der Waals surface area contributed by atoms with E-state index in [4.69, 9.17) is 4.74 Å². The van der Waals surface area contributed by atoms with Crippen LogP contribution in [0.1, 0.15) is 59.3 Å². The van der Waals surface area contributed by atoms with E-state index in [2.05, 4.69) is 0 Å². The first-order valence-electron chi connectivity index (χ1n) is 6.40. The Bertz CT molecular complexity index is 337. The van der Waals surface area contributed by atoms with Crippen LogP contribution in [0.4, 0.5) is 4.79 Å². The molecule has 0 aromatic carbocycles. The molecule has 4 heteroatoms. The summed E-state index contributed by atoms with van der Waals surface area (Å²) in [6.07, 6.45) is 5.36. The number of carbonyl (C=O) groups excluding carboxylic acids is 2. The van der Waals surface area contributed by atoms with Crippen molar-refractivity contribution < 1.29 is 14.3 Å². The molecule has 0 unspecified atom stereocenters. The number of amides is 2. The monoisotopic (exact) mass is 239 g/mol. The lowest BCUT2D eigenvalue weighted by molar-refractivity contribution is -0.157. The zero-order valence-electron chi connectivity index (χ0n) is 10.9. The third kappa shape index (κ3) is 2.31. The highest BCUT2D eigenvalue weighted by molar-refractivity contribution is 5.99. The van der Waals surface area contributed by atoms with Gasteiger partial charge in [-0.1, -0.05) is 19.3 Å². The number of β-lactam (4-membered cyclic amide) rings is 1. The summed E-state index contributed by atoms with van der Waals surface area (Å²) in [7, 11) is 0. The highest BCUT2D eigenvalue weighted by atomic mass is 16.6. The van der Waals surface area contributed by atoms with Crippen molar-refractivity contribution in [1.82, 2.24) is 4.90 Å². The second kappa shape index (κ2) is 4.00. The van der Waals surface area contributed by atoms with E-state index in [1.165, 1.54) is 11.3 Å². The van der Waals surface area contributed by atoms with Crippen LogP contribution in [0.15, 0.2) is 0 Å². The standard InChI is InChI=1S/C13H21NO3/c1-12(2,3)17-11(16)14-10(15)9-13(14)7-5-4-6-8-13/h4-9H2,1-3H3. The normalized spacial score (nSPS) is 23.5. The lowest BCUT2D eigenvalue weighted by atomic mass is 9.72. The topological polar surface area (TPSA) is 46.6 Å². The predicted molar refractivity (Wildman–Crippen MR) is 63.5 cm³/mol. The Labute approximate surface area is 102 Å². The number of hydrogen-bond donors (Lipinski definition) is 0. The van der Waals surface area contributed by atoms with Crippen LogP contribution >= 0.6 is 0 Å². The van der Waals surface area contributed by atoms with Gasteiger partial charge in [0.05, 0.1) is 12.0 Å². The van der Waals surface area contributed by atoms with Gasteiger partial charge in [0, 0.05) is 0 Å². The maximum Gasteiger partial charge on any atom is 0.417 e. The average Bonchev–Trinajstić information content (AvgIpc) is 2.14. The fourth-order valence-corrected chi connectivity index (χ4v) is 2.83. The molecular weight excluding hydrogens is 218 g/mol. The van der Waals surface area contributed by atoms with Crippen molar-refractivity contribution in [2.75, 3.05) is 0 Å². The molecule has 0 atom stereocenters. The summed E-state index contributed by atoms with van der Waals surface area (Å²) < 4.78 is 5.31. The van der Waals surface area contributed by atoms with Crippen molar-refractivity contribution in [3.63, 3.8) is 0 Å². The number of imide groups is 1. The van der Waals surface area contributed by atoms with Crippen LogP contribution in [-0.2, 0) is 9.53 Å². The summed E-state index contributed by atoms with van der Waals surface area (Å²) in [4.78, 5) is 25.0.